The van der Waals surface area contributed by atoms with Gasteiger partial charge in [-0.05, 0) is 75.6 Å². The van der Waals surface area contributed by atoms with Gasteiger partial charge in [0.15, 0.2) is 0 Å². The minimum absolute atomic E-state index is 0.765. The molecule has 0 aliphatic heterocycles. The van der Waals surface area contributed by atoms with Crippen molar-refractivity contribution in [3.63, 3.8) is 0 Å². The number of nitrogens with one attached hydrogen (secondary N) is 1. The monoisotopic (exact) mass is 231 g/mol. The van der Waals surface area contributed by atoms with Crippen LogP contribution in [0.25, 0.3) is 0 Å². The van der Waals surface area contributed by atoms with Gasteiger partial charge in [-0.1, -0.05) is 18.2 Å². The lowest BCUT2D eigenvalue weighted by Gasteiger charge is -2.15. The smallest absolute Gasteiger partial charge is 0.00924 e. The minimum atomic E-state index is 0.765. The Morgan fingerprint density at radius 3 is 2.59 bits per heavy atom. The Balaban J connectivity index is 1.78. The number of aryl methyl sites for hydroxylation is 3. The highest BCUT2D eigenvalue weighted by atomic mass is 14.9. The summed E-state index contributed by atoms with van der Waals surface area (Å²) in [5.41, 5.74) is 4.33. The van der Waals surface area contributed by atoms with Gasteiger partial charge in [-0.2, -0.15) is 0 Å². The van der Waals surface area contributed by atoms with Crippen molar-refractivity contribution in [2.75, 3.05) is 7.05 Å². The van der Waals surface area contributed by atoms with Crippen molar-refractivity contribution in [2.24, 2.45) is 5.92 Å². The molecule has 1 aliphatic rings. The zero-order chi connectivity index (χ0) is 12.3. The van der Waals surface area contributed by atoms with Crippen molar-refractivity contribution >= 4 is 0 Å². The van der Waals surface area contributed by atoms with Gasteiger partial charge in [0, 0.05) is 6.04 Å². The van der Waals surface area contributed by atoms with Gasteiger partial charge in [0.2, 0.25) is 0 Å². The standard InChI is InChI=1S/C16H25N/c1-12-7-8-14(11-13(12)2)5-4-6-16(17-3)15-9-10-15/h7-8,11,15-17H,4-6,9-10H2,1-3H3. The molecule has 0 amide bonds. The molecule has 1 aromatic rings. The molecule has 1 aromatic carbocycles. The molecule has 1 fully saturated rings. The molecule has 1 heteroatoms. The van der Waals surface area contributed by atoms with Crippen LogP contribution in [0.3, 0.4) is 0 Å². The van der Waals surface area contributed by atoms with Gasteiger partial charge in [-0.25, -0.2) is 0 Å². The first-order valence-electron chi connectivity index (χ1n) is 6.94. The summed E-state index contributed by atoms with van der Waals surface area (Å²) in [6.07, 6.45) is 6.74. The molecule has 1 unspecified atom stereocenters. The predicted octanol–water partition coefficient (Wildman–Crippen LogP) is 3.62. The van der Waals surface area contributed by atoms with E-state index in [-0.39, 0.29) is 0 Å². The van der Waals surface area contributed by atoms with E-state index in [0.29, 0.717) is 0 Å². The maximum absolute atomic E-state index is 3.47. The van der Waals surface area contributed by atoms with E-state index in [0.717, 1.165) is 12.0 Å². The molecule has 0 spiro atoms. The quantitative estimate of drug-likeness (QED) is 0.788. The number of rotatable bonds is 6. The van der Waals surface area contributed by atoms with E-state index in [4.69, 9.17) is 0 Å². The Morgan fingerprint density at radius 1 is 1.24 bits per heavy atom. The SMILES string of the molecule is CNC(CCCc1ccc(C)c(C)c1)C1CC1. The van der Waals surface area contributed by atoms with Crippen molar-refractivity contribution in [2.45, 2.75) is 52.0 Å². The van der Waals surface area contributed by atoms with E-state index < -0.39 is 0 Å². The first-order valence-corrected chi connectivity index (χ1v) is 6.94. The van der Waals surface area contributed by atoms with Crippen LogP contribution >= 0.6 is 0 Å². The number of benzene rings is 1. The van der Waals surface area contributed by atoms with E-state index in [1.807, 2.05) is 0 Å². The fourth-order valence-electron chi connectivity index (χ4n) is 2.60. The zero-order valence-electron chi connectivity index (χ0n) is 11.4. The molecule has 0 heterocycles. The van der Waals surface area contributed by atoms with Crippen LogP contribution in [-0.4, -0.2) is 13.1 Å². The summed E-state index contributed by atoms with van der Waals surface area (Å²) in [6.45, 7) is 4.39. The molecule has 1 saturated carbocycles. The molecule has 1 N–H and O–H groups in total. The zero-order valence-corrected chi connectivity index (χ0v) is 11.4. The van der Waals surface area contributed by atoms with Crippen LogP contribution < -0.4 is 5.32 Å². The molecule has 94 valence electrons. The Hall–Kier alpha value is -0.820. The summed E-state index contributed by atoms with van der Waals surface area (Å²) >= 11 is 0. The average Bonchev–Trinajstić information content (AvgIpc) is 3.13. The summed E-state index contributed by atoms with van der Waals surface area (Å²) in [7, 11) is 2.11. The van der Waals surface area contributed by atoms with Crippen LogP contribution in [0.15, 0.2) is 18.2 Å². The molecule has 0 radical (unpaired) electrons. The number of hydrogen-bond acceptors (Lipinski definition) is 1. The lowest BCUT2D eigenvalue weighted by atomic mass is 9.99. The van der Waals surface area contributed by atoms with Gasteiger partial charge >= 0.3 is 0 Å². The summed E-state index contributed by atoms with van der Waals surface area (Å²) in [5.74, 6) is 0.972. The molecule has 17 heavy (non-hydrogen) atoms. The van der Waals surface area contributed by atoms with Crippen LogP contribution in [0.5, 0.6) is 0 Å². The van der Waals surface area contributed by atoms with Crippen LogP contribution in [0.1, 0.15) is 42.4 Å². The molecule has 1 nitrogen and oxygen atoms in total. The Morgan fingerprint density at radius 2 is 2.00 bits per heavy atom. The minimum Gasteiger partial charge on any atom is -0.317 e. The lowest BCUT2D eigenvalue weighted by molar-refractivity contribution is 0.456. The van der Waals surface area contributed by atoms with E-state index in [2.05, 4.69) is 44.4 Å². The van der Waals surface area contributed by atoms with Crippen molar-refractivity contribution < 1.29 is 0 Å². The molecule has 1 atom stereocenters. The first-order chi connectivity index (χ1) is 8.20. The van der Waals surface area contributed by atoms with Gasteiger partial charge in [0.1, 0.15) is 0 Å². The average molecular weight is 231 g/mol. The lowest BCUT2D eigenvalue weighted by Crippen LogP contribution is -2.27. The Bertz CT molecular complexity index is 366. The molecule has 1 aliphatic carbocycles. The van der Waals surface area contributed by atoms with Crippen LogP contribution in [0.4, 0.5) is 0 Å². The third-order valence-corrected chi connectivity index (χ3v) is 4.11. The summed E-state index contributed by atoms with van der Waals surface area (Å²) in [4.78, 5) is 0. The maximum atomic E-state index is 3.47. The van der Waals surface area contributed by atoms with E-state index in [1.165, 1.54) is 48.8 Å². The molecule has 2 rings (SSSR count). The molecular weight excluding hydrogens is 206 g/mol. The molecule has 0 bridgehead atoms. The van der Waals surface area contributed by atoms with Gasteiger partial charge in [-0.15, -0.1) is 0 Å². The molecule has 0 saturated heterocycles. The second-order valence-electron chi connectivity index (χ2n) is 5.54. The largest absolute Gasteiger partial charge is 0.317 e. The third kappa shape index (κ3) is 3.57. The van der Waals surface area contributed by atoms with Crippen molar-refractivity contribution in [1.29, 1.82) is 0 Å². The Labute approximate surface area is 106 Å². The number of hydrogen-bond donors (Lipinski definition) is 1. The first kappa shape index (κ1) is 12.6. The summed E-state index contributed by atoms with van der Waals surface area (Å²) < 4.78 is 0. The van der Waals surface area contributed by atoms with Crippen LogP contribution in [0, 0.1) is 19.8 Å². The highest BCUT2D eigenvalue weighted by molar-refractivity contribution is 5.29. The maximum Gasteiger partial charge on any atom is 0.00924 e. The highest BCUT2D eigenvalue weighted by Crippen LogP contribution is 2.34. The summed E-state index contributed by atoms with van der Waals surface area (Å²) in [6, 6.07) is 7.65. The summed E-state index contributed by atoms with van der Waals surface area (Å²) in [5, 5.41) is 3.47. The fraction of sp³-hybridized carbons (Fsp3) is 0.625. The highest BCUT2D eigenvalue weighted by Gasteiger charge is 2.29. The topological polar surface area (TPSA) is 12.0 Å². The van der Waals surface area contributed by atoms with Gasteiger partial charge < -0.3 is 5.32 Å². The van der Waals surface area contributed by atoms with E-state index in [1.54, 1.807) is 0 Å². The third-order valence-electron chi connectivity index (χ3n) is 4.11. The molecule has 0 aromatic heterocycles. The fourth-order valence-corrected chi connectivity index (χ4v) is 2.60. The van der Waals surface area contributed by atoms with Crippen molar-refractivity contribution in [3.8, 4) is 0 Å². The van der Waals surface area contributed by atoms with Crippen LogP contribution in [0.2, 0.25) is 0 Å². The second kappa shape index (κ2) is 5.68. The predicted molar refractivity (Wildman–Crippen MR) is 74.4 cm³/mol. The van der Waals surface area contributed by atoms with Gasteiger partial charge in [0.05, 0.1) is 0 Å². The van der Waals surface area contributed by atoms with Crippen molar-refractivity contribution in [1.82, 2.24) is 5.32 Å². The van der Waals surface area contributed by atoms with Gasteiger partial charge in [0.25, 0.3) is 0 Å². The van der Waals surface area contributed by atoms with E-state index in [9.17, 15) is 0 Å². The van der Waals surface area contributed by atoms with Gasteiger partial charge in [-0.3, -0.25) is 0 Å². The van der Waals surface area contributed by atoms with Crippen LogP contribution in [-0.2, 0) is 6.42 Å². The Kier molecular flexibility index (Phi) is 4.22. The normalized spacial score (nSPS) is 17.1. The van der Waals surface area contributed by atoms with E-state index >= 15 is 0 Å². The second-order valence-corrected chi connectivity index (χ2v) is 5.54. The van der Waals surface area contributed by atoms with Crippen molar-refractivity contribution in [3.05, 3.63) is 34.9 Å². The molecular formula is C16H25N.